The quantitative estimate of drug-likeness (QED) is 0.303. The number of benzene rings is 3. The number of thioether (sulfide) groups is 1. The van der Waals surface area contributed by atoms with Gasteiger partial charge in [-0.15, -0.1) is 11.8 Å². The van der Waals surface area contributed by atoms with Crippen LogP contribution < -0.4 is 5.32 Å². The van der Waals surface area contributed by atoms with Crippen molar-refractivity contribution >= 4 is 39.5 Å². The first-order chi connectivity index (χ1) is 17.1. The molecule has 0 bridgehead atoms. The lowest BCUT2D eigenvalue weighted by Gasteiger charge is -2.34. The first kappa shape index (κ1) is 28.0. The van der Waals surface area contributed by atoms with Crippen molar-refractivity contribution in [2.75, 3.05) is 5.75 Å². The number of carbonyl (C=O) groups excluding carboxylic acids is 2. The lowest BCUT2D eigenvalue weighted by molar-refractivity contribution is -0.140. The Morgan fingerprint density at radius 3 is 2.19 bits per heavy atom. The largest absolute Gasteiger partial charge is 0.350 e. The molecular formula is C30H35BrN2O2S. The fourth-order valence-electron chi connectivity index (χ4n) is 3.90. The van der Waals surface area contributed by atoms with E-state index in [0.29, 0.717) is 18.7 Å². The van der Waals surface area contributed by atoms with Gasteiger partial charge in [0.05, 0.1) is 5.75 Å². The highest BCUT2D eigenvalue weighted by atomic mass is 79.9. The standard InChI is InChI=1S/C30H35BrN2O2S/c1-22-10-8-9-13-25(22)19-33(28(34)21-36-20-24-14-16-26(31)17-15-24)27(29(35)32-30(2,3)4)18-23-11-6-5-7-12-23/h5-17,27H,18-21H2,1-4H3,(H,32,35). The van der Waals surface area contributed by atoms with Gasteiger partial charge in [-0.1, -0.05) is 82.7 Å². The number of amides is 2. The number of nitrogens with zero attached hydrogens (tertiary/aromatic N) is 1. The van der Waals surface area contributed by atoms with E-state index < -0.39 is 11.6 Å². The van der Waals surface area contributed by atoms with E-state index in [-0.39, 0.29) is 11.8 Å². The Balaban J connectivity index is 1.87. The summed E-state index contributed by atoms with van der Waals surface area (Å²) in [5.41, 5.74) is 3.93. The smallest absolute Gasteiger partial charge is 0.243 e. The van der Waals surface area contributed by atoms with Crippen LogP contribution in [0.2, 0.25) is 0 Å². The van der Waals surface area contributed by atoms with Gasteiger partial charge in [0.1, 0.15) is 6.04 Å². The Hall–Kier alpha value is -2.57. The summed E-state index contributed by atoms with van der Waals surface area (Å²) in [6, 6.07) is 25.5. The van der Waals surface area contributed by atoms with Gasteiger partial charge in [-0.2, -0.15) is 0 Å². The van der Waals surface area contributed by atoms with E-state index in [4.69, 9.17) is 0 Å². The summed E-state index contributed by atoms with van der Waals surface area (Å²) in [6.45, 7) is 8.32. The number of rotatable bonds is 10. The second-order valence-corrected chi connectivity index (χ2v) is 11.9. The Kier molecular flexibility index (Phi) is 10.2. The number of nitrogens with one attached hydrogen (secondary N) is 1. The van der Waals surface area contributed by atoms with Crippen molar-refractivity contribution in [3.05, 3.63) is 106 Å². The SMILES string of the molecule is Cc1ccccc1CN(C(=O)CSCc1ccc(Br)cc1)C(Cc1ccccc1)C(=O)NC(C)(C)C. The molecule has 0 fully saturated rings. The summed E-state index contributed by atoms with van der Waals surface area (Å²) in [5, 5.41) is 3.12. The zero-order valence-corrected chi connectivity index (χ0v) is 23.9. The third-order valence-corrected chi connectivity index (χ3v) is 7.30. The molecule has 6 heteroatoms. The van der Waals surface area contributed by atoms with Crippen molar-refractivity contribution in [1.29, 1.82) is 0 Å². The van der Waals surface area contributed by atoms with Gasteiger partial charge in [0, 0.05) is 28.7 Å². The fraction of sp³-hybridized carbons (Fsp3) is 0.333. The van der Waals surface area contributed by atoms with Crippen LogP contribution in [0, 0.1) is 6.92 Å². The maximum absolute atomic E-state index is 13.7. The van der Waals surface area contributed by atoms with E-state index in [9.17, 15) is 9.59 Å². The highest BCUT2D eigenvalue weighted by Gasteiger charge is 2.32. The first-order valence-electron chi connectivity index (χ1n) is 12.1. The minimum atomic E-state index is -0.619. The third-order valence-electron chi connectivity index (χ3n) is 5.78. The van der Waals surface area contributed by atoms with E-state index >= 15 is 0 Å². The molecule has 1 atom stereocenters. The minimum Gasteiger partial charge on any atom is -0.350 e. The molecule has 0 aliphatic carbocycles. The van der Waals surface area contributed by atoms with E-state index in [1.165, 1.54) is 0 Å². The van der Waals surface area contributed by atoms with Crippen molar-refractivity contribution in [1.82, 2.24) is 10.2 Å². The predicted octanol–water partition coefficient (Wildman–Crippen LogP) is 6.55. The lowest BCUT2D eigenvalue weighted by Crippen LogP contribution is -2.54. The highest BCUT2D eigenvalue weighted by Crippen LogP contribution is 2.21. The average Bonchev–Trinajstić information content (AvgIpc) is 2.83. The number of hydrogen-bond donors (Lipinski definition) is 1. The summed E-state index contributed by atoms with van der Waals surface area (Å²) < 4.78 is 1.03. The molecule has 3 rings (SSSR count). The Labute approximate surface area is 228 Å². The van der Waals surface area contributed by atoms with Crippen LogP contribution in [0.25, 0.3) is 0 Å². The van der Waals surface area contributed by atoms with Gasteiger partial charge in [0.2, 0.25) is 11.8 Å². The Morgan fingerprint density at radius 2 is 1.56 bits per heavy atom. The van der Waals surface area contributed by atoms with E-state index in [0.717, 1.165) is 32.5 Å². The molecule has 2 amide bonds. The van der Waals surface area contributed by atoms with E-state index in [1.807, 2.05) is 94.4 Å². The van der Waals surface area contributed by atoms with Gasteiger partial charge in [0.25, 0.3) is 0 Å². The predicted molar refractivity (Wildman–Crippen MR) is 154 cm³/mol. The van der Waals surface area contributed by atoms with Crippen LogP contribution in [0.1, 0.15) is 43.0 Å². The fourth-order valence-corrected chi connectivity index (χ4v) is 5.03. The van der Waals surface area contributed by atoms with Crippen LogP contribution >= 0.6 is 27.7 Å². The molecule has 190 valence electrons. The summed E-state index contributed by atoms with van der Waals surface area (Å²) in [6.07, 6.45) is 0.456. The van der Waals surface area contributed by atoms with Crippen molar-refractivity contribution in [2.45, 2.75) is 58.0 Å². The van der Waals surface area contributed by atoms with Gasteiger partial charge in [0.15, 0.2) is 0 Å². The van der Waals surface area contributed by atoms with Crippen molar-refractivity contribution in [3.63, 3.8) is 0 Å². The maximum atomic E-state index is 13.7. The number of carbonyl (C=O) groups is 2. The van der Waals surface area contributed by atoms with Crippen LogP contribution in [0.3, 0.4) is 0 Å². The topological polar surface area (TPSA) is 49.4 Å². The molecule has 1 unspecified atom stereocenters. The molecule has 0 saturated carbocycles. The van der Waals surface area contributed by atoms with Gasteiger partial charge in [-0.25, -0.2) is 0 Å². The molecule has 0 radical (unpaired) electrons. The first-order valence-corrected chi connectivity index (χ1v) is 14.1. The average molecular weight is 568 g/mol. The molecule has 3 aromatic rings. The molecule has 36 heavy (non-hydrogen) atoms. The minimum absolute atomic E-state index is 0.0367. The number of halogens is 1. The molecule has 1 N–H and O–H groups in total. The number of hydrogen-bond acceptors (Lipinski definition) is 3. The van der Waals surface area contributed by atoms with Crippen molar-refractivity contribution in [3.8, 4) is 0 Å². The molecule has 3 aromatic carbocycles. The summed E-state index contributed by atoms with van der Waals surface area (Å²) in [5.74, 6) is 0.863. The normalized spacial score (nSPS) is 12.1. The van der Waals surface area contributed by atoms with E-state index in [2.05, 4.69) is 33.4 Å². The van der Waals surface area contributed by atoms with Gasteiger partial charge in [-0.3, -0.25) is 9.59 Å². The van der Waals surface area contributed by atoms with Crippen LogP contribution in [-0.2, 0) is 28.3 Å². The molecule has 0 spiro atoms. The number of aryl methyl sites for hydroxylation is 1. The summed E-state index contributed by atoms with van der Waals surface area (Å²) in [4.78, 5) is 29.1. The Bertz CT molecular complexity index is 1140. The monoisotopic (exact) mass is 566 g/mol. The zero-order valence-electron chi connectivity index (χ0n) is 21.5. The van der Waals surface area contributed by atoms with Crippen LogP contribution in [0.5, 0.6) is 0 Å². The third kappa shape index (κ3) is 8.82. The van der Waals surface area contributed by atoms with Gasteiger partial charge in [-0.05, 0) is 62.1 Å². The lowest BCUT2D eigenvalue weighted by atomic mass is 10.00. The van der Waals surface area contributed by atoms with Crippen molar-refractivity contribution in [2.24, 2.45) is 0 Å². The van der Waals surface area contributed by atoms with Gasteiger partial charge < -0.3 is 10.2 Å². The van der Waals surface area contributed by atoms with Gasteiger partial charge >= 0.3 is 0 Å². The molecule has 0 aliphatic rings. The second kappa shape index (κ2) is 13.1. The zero-order chi connectivity index (χ0) is 26.1. The maximum Gasteiger partial charge on any atom is 0.243 e. The summed E-state index contributed by atoms with van der Waals surface area (Å²) >= 11 is 5.04. The summed E-state index contributed by atoms with van der Waals surface area (Å²) in [7, 11) is 0. The van der Waals surface area contributed by atoms with Crippen LogP contribution in [0.4, 0.5) is 0 Å². The van der Waals surface area contributed by atoms with Crippen molar-refractivity contribution < 1.29 is 9.59 Å². The second-order valence-electron chi connectivity index (χ2n) is 10.0. The van der Waals surface area contributed by atoms with E-state index in [1.54, 1.807) is 16.7 Å². The molecular weight excluding hydrogens is 532 g/mol. The Morgan fingerprint density at radius 1 is 0.917 bits per heavy atom. The molecule has 0 aliphatic heterocycles. The van der Waals surface area contributed by atoms with Crippen LogP contribution in [-0.4, -0.2) is 34.0 Å². The highest BCUT2D eigenvalue weighted by molar-refractivity contribution is 9.10. The molecule has 0 aromatic heterocycles. The molecule has 0 heterocycles. The molecule has 4 nitrogen and oxygen atoms in total. The molecule has 0 saturated heterocycles. The van der Waals surface area contributed by atoms with Crippen LogP contribution in [0.15, 0.2) is 83.3 Å².